The highest BCUT2D eigenvalue weighted by molar-refractivity contribution is 8.25. The third kappa shape index (κ3) is 7.31. The van der Waals surface area contributed by atoms with Crippen molar-refractivity contribution in [1.29, 1.82) is 0 Å². The summed E-state index contributed by atoms with van der Waals surface area (Å²) >= 11 is 2.46. The number of rotatable bonds is 7. The first kappa shape index (κ1) is 23.1. The van der Waals surface area contributed by atoms with Crippen LogP contribution >= 0.6 is 23.5 Å². The zero-order valence-electron chi connectivity index (χ0n) is 16.6. The quantitative estimate of drug-likeness (QED) is 0.194. The van der Waals surface area contributed by atoms with Crippen LogP contribution in [0.5, 0.6) is 0 Å². The Morgan fingerprint density at radius 1 is 1.07 bits per heavy atom. The van der Waals surface area contributed by atoms with Gasteiger partial charge < -0.3 is 18.9 Å². The van der Waals surface area contributed by atoms with Crippen LogP contribution in [0.2, 0.25) is 0 Å². The fraction of sp³-hybridized carbons (Fsp3) is 0.722. The van der Waals surface area contributed by atoms with Crippen LogP contribution in [0.15, 0.2) is 9.81 Å². The molecule has 0 amide bonds. The number of carbonyl (C=O) groups excluding carboxylic acids is 3. The van der Waals surface area contributed by atoms with Crippen molar-refractivity contribution in [2.45, 2.75) is 45.3 Å². The Morgan fingerprint density at radius 2 is 1.64 bits per heavy atom. The third-order valence-electron chi connectivity index (χ3n) is 3.61. The Kier molecular flexibility index (Phi) is 9.13. The van der Waals surface area contributed by atoms with E-state index in [2.05, 4.69) is 0 Å². The molecule has 1 unspecified atom stereocenters. The summed E-state index contributed by atoms with van der Waals surface area (Å²) in [7, 11) is 0. The van der Waals surface area contributed by atoms with E-state index in [4.69, 9.17) is 18.9 Å². The molecule has 2 aliphatic heterocycles. The molecule has 2 aliphatic rings. The van der Waals surface area contributed by atoms with Crippen LogP contribution in [0.3, 0.4) is 0 Å². The van der Waals surface area contributed by atoms with Gasteiger partial charge in [0, 0.05) is 18.8 Å². The van der Waals surface area contributed by atoms with E-state index in [0.717, 1.165) is 0 Å². The van der Waals surface area contributed by atoms with Gasteiger partial charge in [-0.05, 0) is 27.7 Å². The van der Waals surface area contributed by atoms with Gasteiger partial charge in [0.1, 0.15) is 0 Å². The molecule has 0 bridgehead atoms. The molecule has 8 nitrogen and oxygen atoms in total. The van der Waals surface area contributed by atoms with Crippen LogP contribution in [0, 0.1) is 0 Å². The average molecular weight is 434 g/mol. The van der Waals surface area contributed by atoms with Gasteiger partial charge in [-0.3, -0.25) is 9.69 Å². The number of morpholine rings is 1. The summed E-state index contributed by atoms with van der Waals surface area (Å²) in [6, 6.07) is 0. The second-order valence-electron chi connectivity index (χ2n) is 6.81. The summed E-state index contributed by atoms with van der Waals surface area (Å²) in [5, 5.41) is 0. The zero-order valence-corrected chi connectivity index (χ0v) is 18.2. The van der Waals surface area contributed by atoms with Crippen LogP contribution < -0.4 is 0 Å². The summed E-state index contributed by atoms with van der Waals surface area (Å²) in [5.41, 5.74) is -0.605. The van der Waals surface area contributed by atoms with Crippen LogP contribution in [-0.4, -0.2) is 79.1 Å². The highest BCUT2D eigenvalue weighted by atomic mass is 32.2. The van der Waals surface area contributed by atoms with Gasteiger partial charge in [-0.1, -0.05) is 11.8 Å². The SMILES string of the molecule is CC(C)OC(=O)C(C(=O)OC(C)C)=C1SCC(OC(=O)CN2CCOCC2)S1. The fourth-order valence-electron chi connectivity index (χ4n) is 2.44. The topological polar surface area (TPSA) is 91.4 Å². The van der Waals surface area contributed by atoms with E-state index in [1.807, 2.05) is 4.90 Å². The van der Waals surface area contributed by atoms with E-state index in [0.29, 0.717) is 36.3 Å². The van der Waals surface area contributed by atoms with E-state index in [1.54, 1.807) is 27.7 Å². The molecule has 28 heavy (non-hydrogen) atoms. The van der Waals surface area contributed by atoms with Crippen molar-refractivity contribution in [3.8, 4) is 0 Å². The fourth-order valence-corrected chi connectivity index (χ4v) is 5.06. The molecule has 10 heteroatoms. The smallest absolute Gasteiger partial charge is 0.347 e. The Hall–Kier alpha value is -1.23. The van der Waals surface area contributed by atoms with Crippen LogP contribution in [0.25, 0.3) is 0 Å². The van der Waals surface area contributed by atoms with Gasteiger partial charge in [0.2, 0.25) is 0 Å². The lowest BCUT2D eigenvalue weighted by Crippen LogP contribution is -2.40. The van der Waals surface area contributed by atoms with E-state index in [1.165, 1.54) is 23.5 Å². The van der Waals surface area contributed by atoms with Gasteiger partial charge in [-0.25, -0.2) is 9.59 Å². The maximum Gasteiger partial charge on any atom is 0.347 e. The highest BCUT2D eigenvalue weighted by Crippen LogP contribution is 2.44. The van der Waals surface area contributed by atoms with Crippen molar-refractivity contribution < 1.29 is 33.3 Å². The molecule has 2 heterocycles. The summed E-state index contributed by atoms with van der Waals surface area (Å²) in [5.74, 6) is -1.34. The predicted molar refractivity (Wildman–Crippen MR) is 107 cm³/mol. The lowest BCUT2D eigenvalue weighted by Gasteiger charge is -2.25. The molecule has 1 atom stereocenters. The molecular formula is C18H27NO7S2. The highest BCUT2D eigenvalue weighted by Gasteiger charge is 2.35. The molecule has 0 aromatic heterocycles. The maximum absolute atomic E-state index is 12.4. The van der Waals surface area contributed by atoms with E-state index >= 15 is 0 Å². The molecule has 2 rings (SSSR count). The summed E-state index contributed by atoms with van der Waals surface area (Å²) in [6.45, 7) is 9.62. The van der Waals surface area contributed by atoms with Crippen molar-refractivity contribution >= 4 is 41.4 Å². The Balaban J connectivity index is 2.01. The second kappa shape index (κ2) is 11.1. The zero-order chi connectivity index (χ0) is 20.7. The van der Waals surface area contributed by atoms with Gasteiger partial charge in [0.25, 0.3) is 0 Å². The molecule has 0 aromatic carbocycles. The molecule has 2 fully saturated rings. The lowest BCUT2D eigenvalue weighted by atomic mass is 10.3. The van der Waals surface area contributed by atoms with Gasteiger partial charge in [0.05, 0.1) is 36.2 Å². The van der Waals surface area contributed by atoms with Crippen LogP contribution in [0.4, 0.5) is 0 Å². The van der Waals surface area contributed by atoms with Crippen molar-refractivity contribution in [2.75, 3.05) is 38.6 Å². The maximum atomic E-state index is 12.4. The molecule has 0 spiro atoms. The number of hydrogen-bond acceptors (Lipinski definition) is 10. The molecule has 0 saturated carbocycles. The first-order valence-corrected chi connectivity index (χ1v) is 11.1. The minimum atomic E-state index is -0.726. The average Bonchev–Trinajstić information content (AvgIpc) is 3.02. The number of nitrogens with zero attached hydrogens (tertiary/aromatic N) is 1. The Bertz CT molecular complexity index is 591. The monoisotopic (exact) mass is 433 g/mol. The first-order chi connectivity index (χ1) is 13.3. The molecule has 0 aromatic rings. The number of ether oxygens (including phenoxy) is 4. The van der Waals surface area contributed by atoms with Crippen molar-refractivity contribution in [3.05, 3.63) is 9.81 Å². The van der Waals surface area contributed by atoms with Gasteiger partial charge in [-0.2, -0.15) is 0 Å². The van der Waals surface area contributed by atoms with Crippen molar-refractivity contribution in [3.63, 3.8) is 0 Å². The third-order valence-corrected chi connectivity index (χ3v) is 6.34. The summed E-state index contributed by atoms with van der Waals surface area (Å²) in [6.07, 6.45) is -0.734. The van der Waals surface area contributed by atoms with Gasteiger partial charge >= 0.3 is 17.9 Å². The van der Waals surface area contributed by atoms with E-state index in [-0.39, 0.29) is 30.3 Å². The Labute approximate surface area is 173 Å². The lowest BCUT2D eigenvalue weighted by molar-refractivity contribution is -0.151. The molecule has 2 saturated heterocycles. The van der Waals surface area contributed by atoms with Crippen molar-refractivity contribution in [1.82, 2.24) is 4.90 Å². The minimum absolute atomic E-state index is 0.135. The Morgan fingerprint density at radius 3 is 2.18 bits per heavy atom. The number of esters is 3. The van der Waals surface area contributed by atoms with E-state index < -0.39 is 17.4 Å². The summed E-state index contributed by atoms with van der Waals surface area (Å²) < 4.78 is 21.6. The molecule has 0 aliphatic carbocycles. The minimum Gasteiger partial charge on any atom is -0.459 e. The number of hydrogen-bond donors (Lipinski definition) is 0. The molecular weight excluding hydrogens is 406 g/mol. The predicted octanol–water partition coefficient (Wildman–Crippen LogP) is 1.78. The van der Waals surface area contributed by atoms with Crippen LogP contribution in [-0.2, 0) is 33.3 Å². The standard InChI is InChI=1S/C18H27NO7S2/c1-11(2)24-16(21)15(17(22)25-12(3)4)18-27-10-14(28-18)26-13(20)9-19-5-7-23-8-6-19/h11-12,14H,5-10H2,1-4H3. The van der Waals surface area contributed by atoms with Gasteiger partial charge in [-0.15, -0.1) is 11.8 Å². The van der Waals surface area contributed by atoms with Crippen molar-refractivity contribution in [2.24, 2.45) is 0 Å². The summed E-state index contributed by atoms with van der Waals surface area (Å²) in [4.78, 5) is 39.0. The molecule has 0 radical (unpaired) electrons. The molecule has 158 valence electrons. The second-order valence-corrected chi connectivity index (χ2v) is 9.27. The number of thioether (sulfide) groups is 2. The largest absolute Gasteiger partial charge is 0.459 e. The normalized spacial score (nSPS) is 20.4. The van der Waals surface area contributed by atoms with Crippen LogP contribution in [0.1, 0.15) is 27.7 Å². The van der Waals surface area contributed by atoms with E-state index in [9.17, 15) is 14.4 Å². The number of carbonyl (C=O) groups is 3. The first-order valence-electron chi connectivity index (χ1n) is 9.21. The molecule has 0 N–H and O–H groups in total. The van der Waals surface area contributed by atoms with Gasteiger partial charge in [0.15, 0.2) is 11.0 Å².